The maximum atomic E-state index is 13.8. The molecule has 4 heterocycles. The normalized spacial score (nSPS) is 16.6. The number of benzene rings is 1. The van der Waals surface area contributed by atoms with Gasteiger partial charge in [0.15, 0.2) is 0 Å². The van der Waals surface area contributed by atoms with E-state index in [9.17, 15) is 15.4 Å². The highest BCUT2D eigenvalue weighted by Gasteiger charge is 2.32. The fourth-order valence-corrected chi connectivity index (χ4v) is 4.56. The van der Waals surface area contributed by atoms with Crippen molar-refractivity contribution >= 4 is 39.6 Å². The number of nitrogens with one attached hydrogen (secondary N) is 4. The van der Waals surface area contributed by atoms with E-state index in [2.05, 4.69) is 42.6 Å². The van der Waals surface area contributed by atoms with Gasteiger partial charge in [-0.05, 0) is 49.6 Å². The Kier molecular flexibility index (Phi) is 6.03. The summed E-state index contributed by atoms with van der Waals surface area (Å²) in [6, 6.07) is 8.40. The van der Waals surface area contributed by atoms with E-state index < -0.39 is 17.9 Å². The van der Waals surface area contributed by atoms with Gasteiger partial charge in [0, 0.05) is 41.3 Å². The van der Waals surface area contributed by atoms with Crippen LogP contribution in [0, 0.1) is 30.2 Å². The topological polar surface area (TPSA) is 114 Å². The minimum absolute atomic E-state index is 0.229. The largest absolute Gasteiger partial charge is 0.373 e. The lowest BCUT2D eigenvalue weighted by atomic mass is 10.0. The third-order valence-corrected chi connectivity index (χ3v) is 6.70. The van der Waals surface area contributed by atoms with Gasteiger partial charge in [0.2, 0.25) is 11.9 Å². The van der Waals surface area contributed by atoms with Gasteiger partial charge >= 0.3 is 0 Å². The lowest BCUT2D eigenvalue weighted by Gasteiger charge is -2.22. The quantitative estimate of drug-likeness (QED) is 0.227. The number of halogens is 3. The van der Waals surface area contributed by atoms with Crippen molar-refractivity contribution in [1.82, 2.24) is 30.9 Å². The Bertz CT molecular complexity index is 1710. The van der Waals surface area contributed by atoms with E-state index in [0.29, 0.717) is 50.8 Å². The van der Waals surface area contributed by atoms with E-state index in [4.69, 9.17) is 11.6 Å². The van der Waals surface area contributed by atoms with Gasteiger partial charge in [0.25, 0.3) is 0 Å². The molecule has 4 N–H and O–H groups in total. The molecule has 0 spiro atoms. The first-order chi connectivity index (χ1) is 19.2. The molecule has 3 aromatic heterocycles. The molecule has 2 aliphatic rings. The molecule has 1 atom stereocenters. The maximum absolute atomic E-state index is 13.8. The summed E-state index contributed by atoms with van der Waals surface area (Å²) in [5, 5.41) is 18.8. The summed E-state index contributed by atoms with van der Waals surface area (Å²) in [4.78, 5) is 11.9. The first-order valence-electron chi connectivity index (χ1n) is 12.6. The average Bonchev–Trinajstić information content (AvgIpc) is 3.67. The summed E-state index contributed by atoms with van der Waals surface area (Å²) in [6.07, 6.45) is 7.89. The van der Waals surface area contributed by atoms with Gasteiger partial charge in [-0.2, -0.15) is 14.0 Å². The molecule has 1 aromatic carbocycles. The van der Waals surface area contributed by atoms with Crippen molar-refractivity contribution in [3.05, 3.63) is 94.4 Å². The number of pyridine rings is 3. The number of anilines is 3. The molecular weight excluding hydrogens is 524 g/mol. The third kappa shape index (κ3) is 4.99. The van der Waals surface area contributed by atoms with E-state index in [0.717, 1.165) is 12.8 Å². The third-order valence-electron chi connectivity index (χ3n) is 6.41. The van der Waals surface area contributed by atoms with Crippen LogP contribution in [0.5, 0.6) is 0 Å². The molecule has 1 saturated carbocycles. The lowest BCUT2D eigenvalue weighted by Crippen LogP contribution is -2.38. The Balaban J connectivity index is 1.45. The predicted molar refractivity (Wildman–Crippen MR) is 143 cm³/mol. The number of hydrogen-bond donors (Lipinski definition) is 4. The fourth-order valence-electron chi connectivity index (χ4n) is 4.29. The lowest BCUT2D eigenvalue weighted by molar-refractivity contribution is 0.260. The highest BCUT2D eigenvalue weighted by atomic mass is 35.5. The molecule has 196 valence electrons. The molecule has 4 aromatic rings. The Labute approximate surface area is 228 Å². The maximum Gasteiger partial charge on any atom is 0.215 e. The van der Waals surface area contributed by atoms with Crippen LogP contribution in [0.2, 0.25) is 5.02 Å². The Morgan fingerprint density at radius 2 is 2.00 bits per heavy atom. The first-order valence-corrected chi connectivity index (χ1v) is 12.5. The molecule has 0 unspecified atom stereocenters. The molecule has 39 heavy (non-hydrogen) atoms. The molecule has 0 saturated heterocycles. The number of fused-ring (bicyclic) bond motifs is 1. The van der Waals surface area contributed by atoms with Crippen LogP contribution in [0.15, 0.2) is 60.8 Å². The monoisotopic (exact) mass is 546 g/mol. The zero-order valence-electron chi connectivity index (χ0n) is 21.6. The van der Waals surface area contributed by atoms with E-state index in [1.165, 1.54) is 30.7 Å². The van der Waals surface area contributed by atoms with Crippen molar-refractivity contribution < 1.29 is 10.2 Å². The fraction of sp³-hybridized carbons (Fsp3) is 0.185. The van der Waals surface area contributed by atoms with Crippen LogP contribution in [0.25, 0.3) is 10.9 Å². The van der Waals surface area contributed by atoms with Gasteiger partial charge in [-0.25, -0.2) is 9.97 Å². The predicted octanol–water partition coefficient (Wildman–Crippen LogP) is 5.36. The molecular formula is C27H22ClF2N9. The summed E-state index contributed by atoms with van der Waals surface area (Å²) < 4.78 is 37.0. The first kappa shape index (κ1) is 23.6. The molecule has 12 heteroatoms. The van der Waals surface area contributed by atoms with Crippen LogP contribution >= 0.6 is 11.6 Å². The Morgan fingerprint density at radius 3 is 2.72 bits per heavy atom. The highest BCUT2D eigenvalue weighted by molar-refractivity contribution is 6.36. The summed E-state index contributed by atoms with van der Waals surface area (Å²) in [6.45, 7) is 1.59. The van der Waals surface area contributed by atoms with E-state index in [1.54, 1.807) is 31.3 Å². The van der Waals surface area contributed by atoms with E-state index in [1.807, 2.05) is 5.01 Å². The molecule has 1 aliphatic heterocycles. The van der Waals surface area contributed by atoms with Crippen molar-refractivity contribution in [1.29, 1.82) is 5.26 Å². The number of rotatable bonds is 7. The van der Waals surface area contributed by atoms with E-state index >= 15 is 0 Å². The van der Waals surface area contributed by atoms with Gasteiger partial charge < -0.3 is 16.1 Å². The summed E-state index contributed by atoms with van der Waals surface area (Å²) in [5.41, 5.74) is 9.22. The van der Waals surface area contributed by atoms with Gasteiger partial charge in [0.05, 0.1) is 46.8 Å². The average molecular weight is 547 g/mol. The molecule has 6 rings (SSSR count). The van der Waals surface area contributed by atoms with Crippen LogP contribution in [0.3, 0.4) is 0 Å². The van der Waals surface area contributed by atoms with Crippen LogP contribution in [0.4, 0.5) is 25.8 Å². The van der Waals surface area contributed by atoms with Crippen molar-refractivity contribution in [3.8, 4) is 6.07 Å². The molecule has 0 radical (unpaired) electrons. The van der Waals surface area contributed by atoms with Crippen LogP contribution < -0.4 is 21.6 Å². The molecule has 1 aliphatic carbocycles. The standard InChI is InChI=1S/C27H22ClF2N9/c1-14-6-18(12-34-27(14)30)36-24-16(9-31)11-33-26-20(24)7-17(8-21(26)28)35-25(15-2-5-23(29)32-10-15)22-13-39(38-37-22)19-3-4-19/h2,5-8,10-13,19,25,35,37-38H,3-4H2,1H3,(H,33,36)/t25-/m1/s1/i25D. The minimum atomic E-state index is -1.64. The van der Waals surface area contributed by atoms with Gasteiger partial charge in [-0.15, -0.1) is 5.53 Å². The van der Waals surface area contributed by atoms with Crippen molar-refractivity contribution in [2.45, 2.75) is 31.8 Å². The summed E-state index contributed by atoms with van der Waals surface area (Å²) >= 11 is 6.66. The number of aromatic nitrogens is 3. The number of hydrazine groups is 2. The minimum Gasteiger partial charge on any atom is -0.373 e. The second kappa shape index (κ2) is 9.98. The summed E-state index contributed by atoms with van der Waals surface area (Å²) in [7, 11) is 0. The van der Waals surface area contributed by atoms with Crippen LogP contribution in [0.1, 0.15) is 36.9 Å². The van der Waals surface area contributed by atoms with Gasteiger partial charge in [0.1, 0.15) is 6.07 Å². The van der Waals surface area contributed by atoms with Crippen molar-refractivity contribution in [2.24, 2.45) is 0 Å². The molecule has 0 amide bonds. The molecule has 9 nitrogen and oxygen atoms in total. The number of hydrogen-bond acceptors (Lipinski definition) is 9. The zero-order chi connectivity index (χ0) is 28.0. The number of nitrogens with zero attached hydrogens (tertiary/aromatic N) is 5. The highest BCUT2D eigenvalue weighted by Crippen LogP contribution is 2.37. The van der Waals surface area contributed by atoms with Crippen molar-refractivity contribution in [2.75, 3.05) is 10.6 Å². The summed E-state index contributed by atoms with van der Waals surface area (Å²) in [5.74, 6) is -1.26. The molecule has 1 fully saturated rings. The molecule has 0 bridgehead atoms. The smallest absolute Gasteiger partial charge is 0.215 e. The van der Waals surface area contributed by atoms with E-state index in [-0.39, 0.29) is 10.6 Å². The number of aryl methyl sites for hydroxylation is 1. The van der Waals surface area contributed by atoms with Gasteiger partial charge in [-0.3, -0.25) is 9.99 Å². The van der Waals surface area contributed by atoms with Crippen LogP contribution in [-0.4, -0.2) is 26.0 Å². The Morgan fingerprint density at radius 1 is 1.15 bits per heavy atom. The van der Waals surface area contributed by atoms with Gasteiger partial charge in [-0.1, -0.05) is 17.7 Å². The van der Waals surface area contributed by atoms with Crippen molar-refractivity contribution in [3.63, 3.8) is 0 Å². The van der Waals surface area contributed by atoms with Crippen LogP contribution in [-0.2, 0) is 0 Å². The number of nitriles is 1. The zero-order valence-corrected chi connectivity index (χ0v) is 21.3. The Hall–Kier alpha value is -4.53. The second-order valence-corrected chi connectivity index (χ2v) is 9.66. The second-order valence-electron chi connectivity index (χ2n) is 9.26. The SMILES string of the molecule is [2H][C@](Nc1cc(Cl)c2ncc(C#N)c(Nc3cnc(F)c(C)c3)c2c1)(C1=CN(C2CC2)NN1)c1ccc(F)nc1.